The van der Waals surface area contributed by atoms with E-state index in [0.717, 1.165) is 12.0 Å². The van der Waals surface area contributed by atoms with Gasteiger partial charge >= 0.3 is 18.3 Å². The number of nitrogens with one attached hydrogen (secondary N) is 1. The van der Waals surface area contributed by atoms with Crippen LogP contribution < -0.4 is 10.2 Å². The van der Waals surface area contributed by atoms with Crippen LogP contribution in [0.15, 0.2) is 48.7 Å². The number of amides is 2. The quantitative estimate of drug-likeness (QED) is 0.185. The van der Waals surface area contributed by atoms with E-state index in [0.29, 0.717) is 23.3 Å². The van der Waals surface area contributed by atoms with E-state index >= 15 is 0 Å². The molecule has 2 heterocycles. The lowest BCUT2D eigenvalue weighted by Gasteiger charge is -2.32. The van der Waals surface area contributed by atoms with Crippen molar-refractivity contribution in [3.05, 3.63) is 82.4 Å². The largest absolute Gasteiger partial charge is 0.468 e. The molecule has 246 valence electrons. The molecule has 2 amide bonds. The third-order valence-corrected chi connectivity index (χ3v) is 8.49. The Bertz CT molecular complexity index is 1690. The normalized spacial score (nSPS) is 18.7. The molecule has 2 aromatic carbocycles. The molecule has 3 aromatic rings. The number of hydrogen-bond acceptors (Lipinski definition) is 5. The zero-order valence-corrected chi connectivity index (χ0v) is 25.6. The molecule has 2 atom stereocenters. The summed E-state index contributed by atoms with van der Waals surface area (Å²) in [6.45, 7) is 5.39. The average Bonchev–Trinajstić information content (AvgIpc) is 3.29. The van der Waals surface area contributed by atoms with E-state index in [9.17, 15) is 45.1 Å². The van der Waals surface area contributed by atoms with Gasteiger partial charge in [-0.05, 0) is 80.8 Å². The van der Waals surface area contributed by atoms with Gasteiger partial charge in [0.25, 0.3) is 0 Å². The van der Waals surface area contributed by atoms with Crippen LogP contribution in [0.2, 0.25) is 0 Å². The first kappa shape index (κ1) is 34.4. The van der Waals surface area contributed by atoms with Gasteiger partial charge in [-0.2, -0.15) is 26.3 Å². The molecule has 0 bridgehead atoms. The van der Waals surface area contributed by atoms with Crippen LogP contribution in [0.1, 0.15) is 54.6 Å². The second kappa shape index (κ2) is 11.7. The fourth-order valence-electron chi connectivity index (χ4n) is 5.62. The molecule has 7 nitrogen and oxygen atoms in total. The van der Waals surface area contributed by atoms with Crippen molar-refractivity contribution in [2.75, 3.05) is 25.6 Å². The molecule has 1 N–H and O–H groups in total. The molecule has 46 heavy (non-hydrogen) atoms. The van der Waals surface area contributed by atoms with Crippen molar-refractivity contribution in [2.24, 2.45) is 5.41 Å². The van der Waals surface area contributed by atoms with Crippen LogP contribution in [0.5, 0.6) is 0 Å². The van der Waals surface area contributed by atoms with Crippen molar-refractivity contribution in [2.45, 2.75) is 51.4 Å². The lowest BCUT2D eigenvalue weighted by atomic mass is 9.76. The number of likely N-dealkylation sites (N-methyl/N-ethyl adjacent to an activating group) is 1. The Hall–Kier alpha value is -4.49. The number of carbonyl (C=O) groups is 3. The third kappa shape index (κ3) is 6.04. The van der Waals surface area contributed by atoms with E-state index in [1.807, 2.05) is 0 Å². The summed E-state index contributed by atoms with van der Waals surface area (Å²) in [4.78, 5) is 44.9. The van der Waals surface area contributed by atoms with Gasteiger partial charge in [-0.25, -0.2) is 4.39 Å². The van der Waals surface area contributed by atoms with Gasteiger partial charge in [0.1, 0.15) is 5.82 Å². The summed E-state index contributed by atoms with van der Waals surface area (Å²) in [5, 5.41) is 2.62. The van der Waals surface area contributed by atoms with Gasteiger partial charge in [-0.15, -0.1) is 0 Å². The molecular formula is C32H30F7N3O4. The molecule has 0 spiro atoms. The Morgan fingerprint density at radius 2 is 1.52 bits per heavy atom. The van der Waals surface area contributed by atoms with Crippen LogP contribution in [0, 0.1) is 18.2 Å². The van der Waals surface area contributed by atoms with Gasteiger partial charge < -0.3 is 15.0 Å². The summed E-state index contributed by atoms with van der Waals surface area (Å²) in [5.74, 6) is -3.68. The molecule has 1 fully saturated rings. The van der Waals surface area contributed by atoms with Crippen LogP contribution in [0.3, 0.4) is 0 Å². The number of methoxy groups -OCH3 is 1. The number of esters is 1. The number of aromatic nitrogens is 1. The first-order chi connectivity index (χ1) is 21.1. The molecule has 4 rings (SSSR count). The second-order valence-corrected chi connectivity index (χ2v) is 11.8. The Morgan fingerprint density at radius 1 is 0.957 bits per heavy atom. The van der Waals surface area contributed by atoms with E-state index < -0.39 is 69.4 Å². The maximum absolute atomic E-state index is 14.1. The summed E-state index contributed by atoms with van der Waals surface area (Å²) in [6.07, 6.45) is -9.00. The Labute approximate surface area is 259 Å². The third-order valence-electron chi connectivity index (χ3n) is 8.49. The topological polar surface area (TPSA) is 88.6 Å². The molecule has 0 radical (unpaired) electrons. The molecule has 0 aliphatic carbocycles. The van der Waals surface area contributed by atoms with Crippen LogP contribution in [0.25, 0.3) is 11.1 Å². The number of hydrogen-bond donors (Lipinski definition) is 1. The Morgan fingerprint density at radius 3 is 2.04 bits per heavy atom. The summed E-state index contributed by atoms with van der Waals surface area (Å²) in [7, 11) is 2.41. The summed E-state index contributed by atoms with van der Waals surface area (Å²) < 4.78 is 101. The predicted octanol–water partition coefficient (Wildman–Crippen LogP) is 6.57. The van der Waals surface area contributed by atoms with Crippen LogP contribution in [0.4, 0.5) is 36.4 Å². The van der Waals surface area contributed by atoms with E-state index in [1.54, 1.807) is 6.92 Å². The zero-order chi connectivity index (χ0) is 34.6. The molecular weight excluding hydrogens is 623 g/mol. The Kier molecular flexibility index (Phi) is 8.75. The number of rotatable bonds is 6. The fourth-order valence-corrected chi connectivity index (χ4v) is 5.62. The molecule has 2 unspecified atom stereocenters. The zero-order valence-electron chi connectivity index (χ0n) is 25.6. The van der Waals surface area contributed by atoms with E-state index in [1.165, 1.54) is 58.3 Å². The van der Waals surface area contributed by atoms with Gasteiger partial charge in [0.05, 0.1) is 35.5 Å². The summed E-state index contributed by atoms with van der Waals surface area (Å²) in [5.41, 5.74) is -5.82. The number of aryl methyl sites for hydroxylation is 1. The number of halogens is 7. The van der Waals surface area contributed by atoms with Crippen molar-refractivity contribution in [3.63, 3.8) is 0 Å². The number of anilines is 1. The highest BCUT2D eigenvalue weighted by molar-refractivity contribution is 6.06. The highest BCUT2D eigenvalue weighted by Gasteiger charge is 2.55. The van der Waals surface area contributed by atoms with Crippen LogP contribution in [-0.4, -0.2) is 43.5 Å². The minimum Gasteiger partial charge on any atom is -0.468 e. The van der Waals surface area contributed by atoms with Gasteiger partial charge in [-0.3, -0.25) is 19.4 Å². The van der Waals surface area contributed by atoms with Gasteiger partial charge in [0.15, 0.2) is 5.41 Å². The van der Waals surface area contributed by atoms with Crippen LogP contribution in [-0.2, 0) is 36.9 Å². The molecule has 1 saturated heterocycles. The maximum atomic E-state index is 14.1. The molecule has 1 aliphatic heterocycles. The van der Waals surface area contributed by atoms with Crippen molar-refractivity contribution in [1.29, 1.82) is 0 Å². The van der Waals surface area contributed by atoms with Crippen LogP contribution >= 0.6 is 0 Å². The molecule has 1 aromatic heterocycles. The summed E-state index contributed by atoms with van der Waals surface area (Å²) >= 11 is 0. The van der Waals surface area contributed by atoms with E-state index in [2.05, 4.69) is 10.3 Å². The first-order valence-electron chi connectivity index (χ1n) is 13.8. The van der Waals surface area contributed by atoms with Crippen molar-refractivity contribution in [3.8, 4) is 11.1 Å². The lowest BCUT2D eigenvalue weighted by molar-refractivity contribution is -0.156. The Balaban J connectivity index is 1.88. The smallest absolute Gasteiger partial charge is 0.416 e. The highest BCUT2D eigenvalue weighted by atomic mass is 19.4. The van der Waals surface area contributed by atoms with Gasteiger partial charge in [-0.1, -0.05) is 6.07 Å². The van der Waals surface area contributed by atoms with E-state index in [4.69, 9.17) is 4.74 Å². The number of alkyl halides is 6. The average molecular weight is 654 g/mol. The SMILES string of the molecule is COC(=O)C1(C)C(=O)NCC1c1cc(-c2ccc(F)cc2C)c(N(C)C(=O)C(C)(C)c2cc(C(F)(F)F)cc(C(F)(F)F)c2)cn1. The van der Waals surface area contributed by atoms with Crippen molar-refractivity contribution in [1.82, 2.24) is 10.3 Å². The lowest BCUT2D eigenvalue weighted by Crippen LogP contribution is -2.42. The minimum atomic E-state index is -5.12. The first-order valence-corrected chi connectivity index (χ1v) is 13.8. The molecule has 14 heteroatoms. The molecule has 0 saturated carbocycles. The standard InChI is InChI=1S/C32H30F7N3O4/c1-16-9-20(33)7-8-21(16)22-13-24(23-14-41-26(43)30(23,4)28(45)46-6)40-15-25(22)42(5)27(44)29(2,3)17-10-18(31(34,35)36)12-19(11-17)32(37,38)39/h7-13,15,23H,14H2,1-6H3,(H,41,43). The van der Waals surface area contributed by atoms with Crippen molar-refractivity contribution < 1.29 is 49.9 Å². The predicted molar refractivity (Wildman–Crippen MR) is 153 cm³/mol. The van der Waals surface area contributed by atoms with Crippen molar-refractivity contribution >= 4 is 23.5 Å². The highest BCUT2D eigenvalue weighted by Crippen LogP contribution is 2.44. The maximum Gasteiger partial charge on any atom is 0.416 e. The summed E-state index contributed by atoms with van der Waals surface area (Å²) in [6, 6.07) is 6.32. The number of nitrogens with zero attached hydrogens (tertiary/aromatic N) is 2. The number of ether oxygens (including phenoxy) is 1. The number of pyridine rings is 1. The molecule has 1 aliphatic rings. The monoisotopic (exact) mass is 653 g/mol. The van der Waals surface area contributed by atoms with E-state index in [-0.39, 0.29) is 29.6 Å². The number of benzene rings is 2. The second-order valence-electron chi connectivity index (χ2n) is 11.8. The number of carbonyl (C=O) groups excluding carboxylic acids is 3. The van der Waals surface area contributed by atoms with Gasteiger partial charge in [0, 0.05) is 30.8 Å². The minimum absolute atomic E-state index is 0.0114. The van der Waals surface area contributed by atoms with Gasteiger partial charge in [0.2, 0.25) is 11.8 Å². The fraction of sp³-hybridized carbons (Fsp3) is 0.375.